The fraction of sp³-hybridized carbons (Fsp3) is 0.0833. The zero-order valence-corrected chi connectivity index (χ0v) is 23.1. The van der Waals surface area contributed by atoms with Crippen LogP contribution in [-0.2, 0) is 30.3 Å². The Bertz CT molecular complexity index is 1970. The Hall–Kier alpha value is -4.09. The standard InChI is InChI=1S/C24H21N3O10S3/c1-14-3-9-18(10-4-14)38(29,30)27-20-13-19(39(31,32)33)11-15-12-21(40(34,35)36)23(24(28)22(15)20)26-25-16-5-7-17(37-2)8-6-16/h3-13,27-28H,1-2H3,(H,31,32,33)(H,34,35,36). The molecular formula is C24H21N3O10S3. The van der Waals surface area contributed by atoms with E-state index in [1.165, 1.54) is 55.6 Å². The summed E-state index contributed by atoms with van der Waals surface area (Å²) in [5, 5.41) is 18.0. The molecule has 0 bridgehead atoms. The van der Waals surface area contributed by atoms with Crippen LogP contribution in [0.1, 0.15) is 5.56 Å². The van der Waals surface area contributed by atoms with Gasteiger partial charge in [-0.3, -0.25) is 13.8 Å². The van der Waals surface area contributed by atoms with E-state index in [0.29, 0.717) is 5.75 Å². The Morgan fingerprint density at radius 3 is 1.95 bits per heavy atom. The third-order valence-corrected chi connectivity index (χ3v) is 8.69. The van der Waals surface area contributed by atoms with Gasteiger partial charge in [0.1, 0.15) is 16.3 Å². The second kappa shape index (κ2) is 10.5. The summed E-state index contributed by atoms with van der Waals surface area (Å²) in [5.41, 5.74) is -0.337. The lowest BCUT2D eigenvalue weighted by atomic mass is 10.1. The quantitative estimate of drug-likeness (QED) is 0.162. The first-order valence-corrected chi connectivity index (χ1v) is 15.4. The highest BCUT2D eigenvalue weighted by Gasteiger charge is 2.27. The number of fused-ring (bicyclic) bond motifs is 1. The van der Waals surface area contributed by atoms with Gasteiger partial charge in [-0.05, 0) is 66.9 Å². The molecule has 13 nitrogen and oxygen atoms in total. The largest absolute Gasteiger partial charge is 0.505 e. The smallest absolute Gasteiger partial charge is 0.296 e. The van der Waals surface area contributed by atoms with E-state index in [9.17, 15) is 39.5 Å². The Labute approximate surface area is 229 Å². The van der Waals surface area contributed by atoms with Crippen molar-refractivity contribution < 1.29 is 44.2 Å². The number of ether oxygens (including phenoxy) is 1. The van der Waals surface area contributed by atoms with Gasteiger partial charge in [0.15, 0.2) is 5.75 Å². The maximum Gasteiger partial charge on any atom is 0.296 e. The number of aryl methyl sites for hydroxylation is 1. The number of hydrogen-bond donors (Lipinski definition) is 4. The summed E-state index contributed by atoms with van der Waals surface area (Å²) >= 11 is 0. The Morgan fingerprint density at radius 1 is 0.775 bits per heavy atom. The first-order chi connectivity index (χ1) is 18.6. The van der Waals surface area contributed by atoms with Crippen LogP contribution < -0.4 is 9.46 Å². The summed E-state index contributed by atoms with van der Waals surface area (Å²) in [6.45, 7) is 1.74. The SMILES string of the molecule is COc1ccc(N=Nc2c(S(=O)(=O)O)cc3cc(S(=O)(=O)O)cc(NS(=O)(=O)c4ccc(C)cc4)c3c2O)cc1. The van der Waals surface area contributed by atoms with Crippen LogP contribution in [0.25, 0.3) is 10.8 Å². The second-order valence-corrected chi connectivity index (χ2v) is 12.9. The lowest BCUT2D eigenvalue weighted by Gasteiger charge is -2.16. The van der Waals surface area contributed by atoms with E-state index in [-0.39, 0.29) is 21.4 Å². The van der Waals surface area contributed by atoms with Crippen LogP contribution in [0.15, 0.2) is 91.6 Å². The molecule has 0 aliphatic rings. The lowest BCUT2D eigenvalue weighted by Crippen LogP contribution is -2.14. The van der Waals surface area contributed by atoms with Crippen molar-refractivity contribution in [3.63, 3.8) is 0 Å². The van der Waals surface area contributed by atoms with Gasteiger partial charge in [-0.1, -0.05) is 17.7 Å². The number of aromatic hydroxyl groups is 1. The number of sulfonamides is 1. The minimum atomic E-state index is -5.09. The van der Waals surface area contributed by atoms with Crippen molar-refractivity contribution in [2.24, 2.45) is 10.2 Å². The second-order valence-electron chi connectivity index (χ2n) is 8.41. The molecular weight excluding hydrogens is 586 g/mol. The zero-order chi connectivity index (χ0) is 29.5. The predicted octanol–water partition coefficient (Wildman–Crippen LogP) is 4.57. The van der Waals surface area contributed by atoms with E-state index < -0.39 is 57.2 Å². The molecule has 0 atom stereocenters. The third-order valence-electron chi connectivity index (χ3n) is 5.61. The third kappa shape index (κ3) is 6.05. The van der Waals surface area contributed by atoms with Gasteiger partial charge in [0.05, 0.1) is 33.7 Å². The van der Waals surface area contributed by atoms with Crippen LogP contribution in [0.5, 0.6) is 11.5 Å². The molecule has 4 aromatic rings. The molecule has 0 radical (unpaired) electrons. The van der Waals surface area contributed by atoms with E-state index >= 15 is 0 Å². The summed E-state index contributed by atoms with van der Waals surface area (Å²) in [7, 11) is -13.0. The number of benzene rings is 4. The first-order valence-electron chi connectivity index (χ1n) is 11.0. The van der Waals surface area contributed by atoms with E-state index in [2.05, 4.69) is 15.0 Å². The van der Waals surface area contributed by atoms with Crippen LogP contribution >= 0.6 is 0 Å². The van der Waals surface area contributed by atoms with Gasteiger partial charge in [-0.15, -0.1) is 5.11 Å². The molecule has 0 saturated heterocycles. The molecule has 0 saturated carbocycles. The van der Waals surface area contributed by atoms with Gasteiger partial charge in [-0.25, -0.2) is 8.42 Å². The monoisotopic (exact) mass is 607 g/mol. The summed E-state index contributed by atoms with van der Waals surface area (Å²) in [4.78, 5) is -2.00. The predicted molar refractivity (Wildman–Crippen MR) is 144 cm³/mol. The van der Waals surface area contributed by atoms with Crippen molar-refractivity contribution in [3.05, 3.63) is 72.3 Å². The minimum absolute atomic E-state index is 0.198. The Morgan fingerprint density at radius 2 is 1.40 bits per heavy atom. The molecule has 0 spiro atoms. The molecule has 4 rings (SSSR count). The van der Waals surface area contributed by atoms with Gasteiger partial charge < -0.3 is 9.84 Å². The number of azo groups is 1. The number of nitrogens with zero attached hydrogens (tertiary/aromatic N) is 2. The van der Waals surface area contributed by atoms with Crippen molar-refractivity contribution in [3.8, 4) is 11.5 Å². The number of anilines is 1. The number of nitrogens with one attached hydrogen (secondary N) is 1. The Kier molecular flexibility index (Phi) is 7.57. The highest BCUT2D eigenvalue weighted by atomic mass is 32.2. The van der Waals surface area contributed by atoms with Crippen molar-refractivity contribution >= 4 is 58.1 Å². The zero-order valence-electron chi connectivity index (χ0n) is 20.7. The van der Waals surface area contributed by atoms with E-state index in [4.69, 9.17) is 4.74 Å². The van der Waals surface area contributed by atoms with Crippen LogP contribution in [0.2, 0.25) is 0 Å². The molecule has 210 valence electrons. The van der Waals surface area contributed by atoms with Gasteiger partial charge in [0.2, 0.25) is 0 Å². The molecule has 4 N–H and O–H groups in total. The first kappa shape index (κ1) is 28.9. The van der Waals surface area contributed by atoms with Crippen molar-refractivity contribution in [1.29, 1.82) is 0 Å². The van der Waals surface area contributed by atoms with Gasteiger partial charge in [0, 0.05) is 0 Å². The van der Waals surface area contributed by atoms with Crippen LogP contribution in [-0.4, -0.2) is 46.6 Å². The van der Waals surface area contributed by atoms with Gasteiger partial charge in [0.25, 0.3) is 30.3 Å². The highest BCUT2D eigenvalue weighted by Crippen LogP contribution is 2.45. The fourth-order valence-electron chi connectivity index (χ4n) is 3.66. The number of phenolic OH excluding ortho intramolecular Hbond substituents is 1. The normalized spacial score (nSPS) is 12.6. The van der Waals surface area contributed by atoms with E-state index in [1.54, 1.807) is 6.92 Å². The number of hydrogen-bond acceptors (Lipinski definition) is 10. The summed E-state index contributed by atoms with van der Waals surface area (Å²) in [6, 6.07) is 13.9. The maximum atomic E-state index is 13.1. The minimum Gasteiger partial charge on any atom is -0.505 e. The summed E-state index contributed by atoms with van der Waals surface area (Å²) < 4.78 is 101. The van der Waals surface area contributed by atoms with Crippen molar-refractivity contribution in [1.82, 2.24) is 0 Å². The molecule has 0 aliphatic carbocycles. The van der Waals surface area contributed by atoms with E-state index in [0.717, 1.165) is 23.8 Å². The lowest BCUT2D eigenvalue weighted by molar-refractivity contribution is 0.415. The summed E-state index contributed by atoms with van der Waals surface area (Å²) in [5.74, 6) is -0.461. The molecule has 0 aromatic heterocycles. The average molecular weight is 608 g/mol. The Balaban J connectivity index is 2.00. The summed E-state index contributed by atoms with van der Waals surface area (Å²) in [6.07, 6.45) is 0. The highest BCUT2D eigenvalue weighted by molar-refractivity contribution is 7.92. The molecule has 4 aromatic carbocycles. The average Bonchev–Trinajstić information content (AvgIpc) is 2.87. The van der Waals surface area contributed by atoms with Crippen molar-refractivity contribution in [2.45, 2.75) is 21.6 Å². The molecule has 0 unspecified atom stereocenters. The molecule has 0 heterocycles. The molecule has 0 amide bonds. The van der Waals surface area contributed by atoms with Gasteiger partial charge >= 0.3 is 0 Å². The van der Waals surface area contributed by atoms with Crippen LogP contribution in [0.4, 0.5) is 17.1 Å². The maximum absolute atomic E-state index is 13.1. The van der Waals surface area contributed by atoms with E-state index in [1.807, 2.05) is 0 Å². The number of methoxy groups -OCH3 is 1. The number of phenols is 1. The molecule has 0 fully saturated rings. The van der Waals surface area contributed by atoms with Gasteiger partial charge in [-0.2, -0.15) is 21.9 Å². The molecule has 40 heavy (non-hydrogen) atoms. The van der Waals surface area contributed by atoms with Crippen molar-refractivity contribution in [2.75, 3.05) is 11.8 Å². The molecule has 16 heteroatoms. The number of rotatable bonds is 8. The van der Waals surface area contributed by atoms with Crippen LogP contribution in [0.3, 0.4) is 0 Å². The fourth-order valence-corrected chi connectivity index (χ4v) is 5.92. The topological polar surface area (TPSA) is 209 Å². The van der Waals surface area contributed by atoms with Crippen LogP contribution in [0, 0.1) is 6.92 Å². The molecule has 0 aliphatic heterocycles.